The van der Waals surface area contributed by atoms with Crippen LogP contribution in [0.2, 0.25) is 0 Å². The molecule has 0 bridgehead atoms. The number of ether oxygens (including phenoxy) is 1. The van der Waals surface area contributed by atoms with Gasteiger partial charge in [0.2, 0.25) is 5.70 Å². The number of quaternary nitrogens is 1. The third-order valence-electron chi connectivity index (χ3n) is 8.61. The second-order valence-electron chi connectivity index (χ2n) is 11.3. The zero-order valence-corrected chi connectivity index (χ0v) is 22.3. The monoisotopic (exact) mass is 510 g/mol. The minimum Gasteiger partial charge on any atom is -0.489 e. The molecule has 0 spiro atoms. The number of rotatable bonds is 7. The van der Waals surface area contributed by atoms with Crippen LogP contribution in [0, 0.1) is 11.8 Å². The summed E-state index contributed by atoms with van der Waals surface area (Å²) < 4.78 is 6.20. The standard InChI is InChI=1S/C32H40N5O/c33-37-20-17-34-22-30(37)31(27-15-13-25(14-16-27)23-36-18-6-1-2-7-19-36)35-32(37)28-11-8-12-29(21-28)38-24-26-9-4-3-5-10-26/h3-5,8-12,17,20-22,25,27H,1-2,6-7,13-16,18-19,23-24,33H2/q+1. The summed E-state index contributed by atoms with van der Waals surface area (Å²) >= 11 is 0. The maximum Gasteiger partial charge on any atom is 0.265 e. The molecule has 1 unspecified atom stereocenters. The first-order chi connectivity index (χ1) is 18.7. The summed E-state index contributed by atoms with van der Waals surface area (Å²) in [5.41, 5.74) is 4.26. The van der Waals surface area contributed by atoms with Gasteiger partial charge >= 0.3 is 0 Å². The Morgan fingerprint density at radius 2 is 1.71 bits per heavy atom. The molecule has 38 heavy (non-hydrogen) atoms. The Bertz CT molecular complexity index is 1230. The van der Waals surface area contributed by atoms with Crippen molar-refractivity contribution in [3.8, 4) is 5.75 Å². The Labute approximate surface area is 226 Å². The number of likely N-dealkylation sites (tertiary alicyclic amines) is 1. The molecule has 3 heterocycles. The molecule has 4 aliphatic rings. The van der Waals surface area contributed by atoms with Crippen LogP contribution >= 0.6 is 0 Å². The highest BCUT2D eigenvalue weighted by Gasteiger charge is 2.46. The van der Waals surface area contributed by atoms with E-state index in [9.17, 15) is 0 Å². The van der Waals surface area contributed by atoms with Crippen molar-refractivity contribution in [1.82, 2.24) is 4.90 Å². The van der Waals surface area contributed by atoms with Crippen LogP contribution in [-0.4, -0.2) is 41.2 Å². The first kappa shape index (κ1) is 25.2. The molecule has 2 aromatic rings. The number of benzene rings is 2. The average molecular weight is 511 g/mol. The molecule has 6 nitrogen and oxygen atoms in total. The minimum absolute atomic E-state index is 0.0781. The van der Waals surface area contributed by atoms with Gasteiger partial charge in [0.15, 0.2) is 0 Å². The molecular formula is C32H40N5O+. The van der Waals surface area contributed by atoms with E-state index in [4.69, 9.17) is 15.6 Å². The molecule has 2 aromatic carbocycles. The van der Waals surface area contributed by atoms with E-state index in [1.165, 1.54) is 71.0 Å². The molecule has 1 saturated carbocycles. The van der Waals surface area contributed by atoms with E-state index in [1.807, 2.05) is 42.7 Å². The fraction of sp³-hybridized carbons (Fsp3) is 0.438. The zero-order valence-electron chi connectivity index (χ0n) is 22.3. The van der Waals surface area contributed by atoms with Gasteiger partial charge in [0.1, 0.15) is 24.3 Å². The van der Waals surface area contributed by atoms with Crippen molar-refractivity contribution in [1.29, 1.82) is 0 Å². The Kier molecular flexibility index (Phi) is 7.54. The van der Waals surface area contributed by atoms with Crippen molar-refractivity contribution in [3.63, 3.8) is 0 Å². The number of nitrogens with two attached hydrogens (primary N) is 1. The summed E-state index contributed by atoms with van der Waals surface area (Å²) in [5, 5.41) is 0. The van der Waals surface area contributed by atoms with Crippen LogP contribution in [0.4, 0.5) is 0 Å². The summed E-state index contributed by atoms with van der Waals surface area (Å²) in [6.45, 7) is 4.37. The zero-order chi connectivity index (χ0) is 25.8. The number of hydrogen-bond acceptors (Lipinski definition) is 5. The highest BCUT2D eigenvalue weighted by Crippen LogP contribution is 2.41. The lowest BCUT2D eigenvalue weighted by atomic mass is 9.80. The molecule has 1 aliphatic carbocycles. The topological polar surface area (TPSA) is 63.2 Å². The van der Waals surface area contributed by atoms with Crippen LogP contribution in [-0.2, 0) is 6.61 Å². The van der Waals surface area contributed by atoms with E-state index in [1.54, 1.807) is 6.20 Å². The second kappa shape index (κ2) is 11.4. The Morgan fingerprint density at radius 3 is 2.50 bits per heavy atom. The molecule has 1 saturated heterocycles. The molecular weight excluding hydrogens is 470 g/mol. The lowest BCUT2D eigenvalue weighted by Crippen LogP contribution is -2.53. The predicted octanol–water partition coefficient (Wildman–Crippen LogP) is 6.17. The summed E-state index contributed by atoms with van der Waals surface area (Å²) in [4.78, 5) is 12.4. The largest absolute Gasteiger partial charge is 0.489 e. The third kappa shape index (κ3) is 5.39. The maximum absolute atomic E-state index is 7.04. The molecule has 0 radical (unpaired) electrons. The van der Waals surface area contributed by atoms with Gasteiger partial charge in [0, 0.05) is 12.5 Å². The van der Waals surface area contributed by atoms with Gasteiger partial charge in [-0.2, -0.15) is 10.8 Å². The summed E-state index contributed by atoms with van der Waals surface area (Å²) in [6.07, 6.45) is 16.1. The molecule has 198 valence electrons. The minimum atomic E-state index is 0.0781. The normalized spacial score (nSPS) is 27.7. The van der Waals surface area contributed by atoms with Crippen LogP contribution in [0.5, 0.6) is 5.75 Å². The van der Waals surface area contributed by atoms with Gasteiger partial charge < -0.3 is 9.64 Å². The van der Waals surface area contributed by atoms with E-state index in [-0.39, 0.29) is 4.59 Å². The molecule has 3 aliphatic heterocycles. The molecule has 6 heteroatoms. The smallest absolute Gasteiger partial charge is 0.265 e. The first-order valence-corrected chi connectivity index (χ1v) is 14.4. The van der Waals surface area contributed by atoms with E-state index >= 15 is 0 Å². The highest BCUT2D eigenvalue weighted by atomic mass is 16.5. The number of amidine groups is 1. The second-order valence-corrected chi connectivity index (χ2v) is 11.3. The van der Waals surface area contributed by atoms with Gasteiger partial charge in [-0.15, -0.1) is 4.59 Å². The Balaban J connectivity index is 1.17. The fourth-order valence-electron chi connectivity index (χ4n) is 6.47. The SMILES string of the molecule is N[N+]12C=CN=CC1=C(C1CCC(CN3CCCCCC3)CC1)N=C2c1cccc(OCc2ccccc2)c1. The van der Waals surface area contributed by atoms with Crippen molar-refractivity contribution >= 4 is 12.1 Å². The molecule has 2 fully saturated rings. The van der Waals surface area contributed by atoms with Crippen LogP contribution in [0.15, 0.2) is 88.4 Å². The average Bonchev–Trinajstić information content (AvgIpc) is 3.07. The molecule has 6 rings (SSSR count). The molecule has 0 aromatic heterocycles. The highest BCUT2D eigenvalue weighted by molar-refractivity contribution is 6.00. The predicted molar refractivity (Wildman–Crippen MR) is 153 cm³/mol. The fourth-order valence-corrected chi connectivity index (χ4v) is 6.47. The Hall–Kier alpha value is -3.06. The van der Waals surface area contributed by atoms with Gasteiger partial charge in [-0.3, -0.25) is 4.99 Å². The van der Waals surface area contributed by atoms with Gasteiger partial charge in [-0.25, -0.2) is 0 Å². The summed E-state index contributed by atoms with van der Waals surface area (Å²) in [5.74, 6) is 9.93. The number of aliphatic imine (C=N–C) groups is 2. The van der Waals surface area contributed by atoms with E-state index in [0.717, 1.165) is 40.0 Å². The van der Waals surface area contributed by atoms with Crippen molar-refractivity contribution < 1.29 is 9.33 Å². The van der Waals surface area contributed by atoms with Gasteiger partial charge in [-0.1, -0.05) is 49.2 Å². The van der Waals surface area contributed by atoms with Crippen LogP contribution < -0.4 is 10.6 Å². The molecule has 2 N–H and O–H groups in total. The van der Waals surface area contributed by atoms with Crippen LogP contribution in [0.3, 0.4) is 0 Å². The van der Waals surface area contributed by atoms with Crippen molar-refractivity contribution in [3.05, 3.63) is 89.5 Å². The number of allylic oxidation sites excluding steroid dienone is 2. The number of hydrogen-bond donors (Lipinski definition) is 1. The number of fused-ring (bicyclic) bond motifs is 1. The summed E-state index contributed by atoms with van der Waals surface area (Å²) in [7, 11) is 0. The van der Waals surface area contributed by atoms with Crippen molar-refractivity contribution in [2.75, 3.05) is 19.6 Å². The molecule has 1 atom stereocenters. The van der Waals surface area contributed by atoms with Crippen LogP contribution in [0.25, 0.3) is 0 Å². The van der Waals surface area contributed by atoms with Crippen LogP contribution in [0.1, 0.15) is 62.5 Å². The van der Waals surface area contributed by atoms with Crippen molar-refractivity contribution in [2.45, 2.75) is 58.0 Å². The van der Waals surface area contributed by atoms with Gasteiger partial charge in [0.25, 0.3) is 5.84 Å². The maximum atomic E-state index is 7.04. The van der Waals surface area contributed by atoms with Gasteiger partial charge in [-0.05, 0) is 81.3 Å². The number of nitrogens with zero attached hydrogens (tertiary/aromatic N) is 4. The van der Waals surface area contributed by atoms with E-state index in [2.05, 4.69) is 34.2 Å². The van der Waals surface area contributed by atoms with Gasteiger partial charge in [0.05, 0.1) is 18.0 Å². The first-order valence-electron chi connectivity index (χ1n) is 14.4. The summed E-state index contributed by atoms with van der Waals surface area (Å²) in [6, 6.07) is 18.4. The van der Waals surface area contributed by atoms with E-state index in [0.29, 0.717) is 12.5 Å². The third-order valence-corrected chi connectivity index (χ3v) is 8.61. The van der Waals surface area contributed by atoms with E-state index < -0.39 is 0 Å². The lowest BCUT2D eigenvalue weighted by Gasteiger charge is -2.32. The van der Waals surface area contributed by atoms with Crippen molar-refractivity contribution in [2.24, 2.45) is 27.7 Å². The Morgan fingerprint density at radius 1 is 0.921 bits per heavy atom. The lowest BCUT2D eigenvalue weighted by molar-refractivity contribution is -0.750. The molecule has 0 amide bonds. The quantitative estimate of drug-likeness (QED) is 0.358.